The molecule has 0 amide bonds. The molecule has 1 aromatic carbocycles. The first-order chi connectivity index (χ1) is 10.2. The highest BCUT2D eigenvalue weighted by molar-refractivity contribution is 5.33. The van der Waals surface area contributed by atoms with Crippen molar-refractivity contribution in [3.05, 3.63) is 29.8 Å². The molecular weight excluding hydrogens is 260 g/mol. The molecule has 0 aromatic heterocycles. The number of nitrogens with zero attached hydrogens (tertiary/aromatic N) is 1. The zero-order valence-electron chi connectivity index (χ0n) is 13.8. The Balaban J connectivity index is 1.94. The zero-order valence-corrected chi connectivity index (χ0v) is 13.8. The van der Waals surface area contributed by atoms with Gasteiger partial charge in [0.2, 0.25) is 0 Å². The van der Waals surface area contributed by atoms with Crippen LogP contribution in [0, 0.1) is 5.92 Å². The van der Waals surface area contributed by atoms with Crippen LogP contribution in [0.5, 0.6) is 5.75 Å². The van der Waals surface area contributed by atoms with E-state index in [2.05, 4.69) is 42.3 Å². The topological polar surface area (TPSA) is 24.5 Å². The molecule has 2 unspecified atom stereocenters. The smallest absolute Gasteiger partial charge is 0.122 e. The molecule has 2 atom stereocenters. The number of methoxy groups -OCH3 is 1. The van der Waals surface area contributed by atoms with Crippen LogP contribution in [0.25, 0.3) is 0 Å². The molecule has 0 bridgehead atoms. The lowest BCUT2D eigenvalue weighted by Gasteiger charge is -2.33. The summed E-state index contributed by atoms with van der Waals surface area (Å²) in [6.07, 6.45) is 3.74. The molecule has 3 heteroatoms. The van der Waals surface area contributed by atoms with Crippen molar-refractivity contribution in [1.82, 2.24) is 10.2 Å². The minimum absolute atomic E-state index is 0.549. The van der Waals surface area contributed by atoms with Gasteiger partial charge in [-0.05, 0) is 63.4 Å². The van der Waals surface area contributed by atoms with Crippen molar-refractivity contribution in [3.63, 3.8) is 0 Å². The third kappa shape index (κ3) is 4.72. The predicted octanol–water partition coefficient (Wildman–Crippen LogP) is 2.95. The van der Waals surface area contributed by atoms with E-state index in [4.69, 9.17) is 4.74 Å². The van der Waals surface area contributed by atoms with E-state index in [1.54, 1.807) is 7.11 Å². The fraction of sp³-hybridized carbons (Fsp3) is 0.667. The van der Waals surface area contributed by atoms with E-state index in [0.29, 0.717) is 6.04 Å². The highest BCUT2D eigenvalue weighted by Gasteiger charge is 2.20. The SMILES string of the molecule is CCN(CC1CCCNC1)C(C)Cc1ccccc1OC. The van der Waals surface area contributed by atoms with E-state index in [1.165, 1.54) is 38.0 Å². The number of ether oxygens (including phenoxy) is 1. The molecule has 2 rings (SSSR count). The summed E-state index contributed by atoms with van der Waals surface area (Å²) in [5.74, 6) is 1.82. The van der Waals surface area contributed by atoms with Crippen LogP contribution < -0.4 is 10.1 Å². The van der Waals surface area contributed by atoms with Crippen LogP contribution in [-0.4, -0.2) is 44.2 Å². The van der Waals surface area contributed by atoms with Crippen molar-refractivity contribution in [2.45, 2.75) is 39.2 Å². The van der Waals surface area contributed by atoms with Crippen molar-refractivity contribution < 1.29 is 4.74 Å². The average molecular weight is 290 g/mol. The Morgan fingerprint density at radius 2 is 2.19 bits per heavy atom. The van der Waals surface area contributed by atoms with Crippen LogP contribution in [0.3, 0.4) is 0 Å². The molecule has 1 heterocycles. The molecule has 1 aromatic rings. The molecule has 21 heavy (non-hydrogen) atoms. The first kappa shape index (κ1) is 16.3. The minimum Gasteiger partial charge on any atom is -0.496 e. The van der Waals surface area contributed by atoms with Crippen molar-refractivity contribution >= 4 is 0 Å². The molecule has 3 nitrogen and oxygen atoms in total. The molecular formula is C18H30N2O. The maximum atomic E-state index is 5.48. The third-order valence-electron chi connectivity index (χ3n) is 4.63. The van der Waals surface area contributed by atoms with Crippen LogP contribution in [0.15, 0.2) is 24.3 Å². The van der Waals surface area contributed by atoms with E-state index in [9.17, 15) is 0 Å². The normalized spacial score (nSPS) is 20.5. The number of rotatable bonds is 7. The Morgan fingerprint density at radius 1 is 1.38 bits per heavy atom. The summed E-state index contributed by atoms with van der Waals surface area (Å²) in [6.45, 7) is 9.31. The zero-order chi connectivity index (χ0) is 15.1. The van der Waals surface area contributed by atoms with Gasteiger partial charge < -0.3 is 15.0 Å². The Labute approximate surface area is 129 Å². The van der Waals surface area contributed by atoms with Gasteiger partial charge in [0, 0.05) is 12.6 Å². The highest BCUT2D eigenvalue weighted by atomic mass is 16.5. The van der Waals surface area contributed by atoms with E-state index >= 15 is 0 Å². The number of likely N-dealkylation sites (N-methyl/N-ethyl adjacent to an activating group) is 1. The Hall–Kier alpha value is -1.06. The standard InChI is InChI=1S/C18H30N2O/c1-4-20(14-16-8-7-11-19-13-16)15(2)12-17-9-5-6-10-18(17)21-3/h5-6,9-10,15-16,19H,4,7-8,11-14H2,1-3H3. The van der Waals surface area contributed by atoms with Gasteiger partial charge in [0.25, 0.3) is 0 Å². The molecule has 0 aliphatic carbocycles. The molecule has 1 aliphatic rings. The molecule has 0 radical (unpaired) electrons. The maximum absolute atomic E-state index is 5.48. The summed E-state index contributed by atoms with van der Waals surface area (Å²) in [7, 11) is 1.76. The summed E-state index contributed by atoms with van der Waals surface area (Å²) < 4.78 is 5.48. The van der Waals surface area contributed by atoms with Crippen LogP contribution >= 0.6 is 0 Å². The lowest BCUT2D eigenvalue weighted by atomic mass is 9.97. The van der Waals surface area contributed by atoms with Crippen LogP contribution in [0.4, 0.5) is 0 Å². The Morgan fingerprint density at radius 3 is 2.86 bits per heavy atom. The monoisotopic (exact) mass is 290 g/mol. The molecule has 0 spiro atoms. The van der Waals surface area contributed by atoms with Gasteiger partial charge >= 0.3 is 0 Å². The first-order valence-electron chi connectivity index (χ1n) is 8.31. The van der Waals surface area contributed by atoms with Gasteiger partial charge in [0.1, 0.15) is 5.75 Å². The number of hydrogen-bond acceptors (Lipinski definition) is 3. The van der Waals surface area contributed by atoms with Crippen molar-refractivity contribution in [2.75, 3.05) is 33.3 Å². The predicted molar refractivity (Wildman–Crippen MR) is 89.0 cm³/mol. The highest BCUT2D eigenvalue weighted by Crippen LogP contribution is 2.21. The van der Waals surface area contributed by atoms with Crippen LogP contribution in [0.2, 0.25) is 0 Å². The second kappa shape index (κ2) is 8.40. The van der Waals surface area contributed by atoms with E-state index < -0.39 is 0 Å². The molecule has 1 fully saturated rings. The third-order valence-corrected chi connectivity index (χ3v) is 4.63. The second-order valence-electron chi connectivity index (χ2n) is 6.16. The fourth-order valence-electron chi connectivity index (χ4n) is 3.35. The quantitative estimate of drug-likeness (QED) is 0.835. The van der Waals surface area contributed by atoms with Gasteiger partial charge in [-0.15, -0.1) is 0 Å². The first-order valence-corrected chi connectivity index (χ1v) is 8.31. The maximum Gasteiger partial charge on any atom is 0.122 e. The van der Waals surface area contributed by atoms with Gasteiger partial charge in [-0.3, -0.25) is 0 Å². The van der Waals surface area contributed by atoms with Crippen molar-refractivity contribution in [1.29, 1.82) is 0 Å². The van der Waals surface area contributed by atoms with E-state index in [0.717, 1.165) is 24.6 Å². The van der Waals surface area contributed by atoms with Gasteiger partial charge in [0.05, 0.1) is 7.11 Å². The minimum atomic E-state index is 0.549. The van der Waals surface area contributed by atoms with Crippen LogP contribution in [0.1, 0.15) is 32.3 Å². The molecule has 1 saturated heterocycles. The Kier molecular flexibility index (Phi) is 6.52. The molecule has 1 N–H and O–H groups in total. The molecule has 1 aliphatic heterocycles. The molecule has 0 saturated carbocycles. The number of piperidine rings is 1. The van der Waals surface area contributed by atoms with Crippen molar-refractivity contribution in [2.24, 2.45) is 5.92 Å². The largest absolute Gasteiger partial charge is 0.496 e. The molecule has 118 valence electrons. The summed E-state index contributed by atoms with van der Waals surface area (Å²) in [5.41, 5.74) is 1.31. The van der Waals surface area contributed by atoms with Crippen LogP contribution in [-0.2, 0) is 6.42 Å². The summed E-state index contributed by atoms with van der Waals surface area (Å²) in [6, 6.07) is 8.94. The van der Waals surface area contributed by atoms with Gasteiger partial charge in [-0.25, -0.2) is 0 Å². The van der Waals surface area contributed by atoms with Gasteiger partial charge in [0.15, 0.2) is 0 Å². The summed E-state index contributed by atoms with van der Waals surface area (Å²) in [4.78, 5) is 2.62. The number of benzene rings is 1. The number of para-hydroxylation sites is 1. The summed E-state index contributed by atoms with van der Waals surface area (Å²) in [5, 5.41) is 3.52. The van der Waals surface area contributed by atoms with E-state index in [-0.39, 0.29) is 0 Å². The fourth-order valence-corrected chi connectivity index (χ4v) is 3.35. The lowest BCUT2D eigenvalue weighted by molar-refractivity contribution is 0.169. The average Bonchev–Trinajstić information content (AvgIpc) is 2.54. The Bertz CT molecular complexity index is 415. The number of hydrogen-bond donors (Lipinski definition) is 1. The van der Waals surface area contributed by atoms with E-state index in [1.807, 2.05) is 6.07 Å². The van der Waals surface area contributed by atoms with Gasteiger partial charge in [-0.1, -0.05) is 25.1 Å². The number of nitrogens with one attached hydrogen (secondary N) is 1. The van der Waals surface area contributed by atoms with Crippen molar-refractivity contribution in [3.8, 4) is 5.75 Å². The second-order valence-corrected chi connectivity index (χ2v) is 6.16. The van der Waals surface area contributed by atoms with Gasteiger partial charge in [-0.2, -0.15) is 0 Å². The summed E-state index contributed by atoms with van der Waals surface area (Å²) >= 11 is 0. The lowest BCUT2D eigenvalue weighted by Crippen LogP contribution is -2.42.